The van der Waals surface area contributed by atoms with Gasteiger partial charge in [0.25, 0.3) is 0 Å². The molecule has 0 saturated heterocycles. The van der Waals surface area contributed by atoms with Gasteiger partial charge >= 0.3 is 0 Å². The van der Waals surface area contributed by atoms with Crippen molar-refractivity contribution in [2.45, 2.75) is 19.3 Å². The summed E-state index contributed by atoms with van der Waals surface area (Å²) in [5, 5.41) is 9.80. The van der Waals surface area contributed by atoms with Gasteiger partial charge in [0.15, 0.2) is 0 Å². The highest BCUT2D eigenvalue weighted by Gasteiger charge is 2.21. The molecule has 0 radical (unpaired) electrons. The lowest BCUT2D eigenvalue weighted by molar-refractivity contribution is 0.272. The van der Waals surface area contributed by atoms with E-state index in [1.807, 2.05) is 19.1 Å². The average Bonchev–Trinajstić information content (AvgIpc) is 2.92. The first-order chi connectivity index (χ1) is 10.1. The number of rotatable bonds is 3. The topological polar surface area (TPSA) is 33.1 Å². The van der Waals surface area contributed by atoms with Crippen LogP contribution in [-0.2, 0) is 6.42 Å². The first-order valence-electron chi connectivity index (χ1n) is 6.84. The van der Waals surface area contributed by atoms with Crippen molar-refractivity contribution in [2.24, 2.45) is 0 Å². The smallest absolute Gasteiger partial charge is 0.130 e. The number of aromatic nitrogens is 1. The number of pyridine rings is 1. The highest BCUT2D eigenvalue weighted by molar-refractivity contribution is 6.29. The van der Waals surface area contributed by atoms with E-state index in [1.54, 1.807) is 18.3 Å². The van der Waals surface area contributed by atoms with E-state index in [1.165, 1.54) is 6.07 Å². The average molecular weight is 304 g/mol. The highest BCUT2D eigenvalue weighted by atomic mass is 35.5. The molecule has 1 aliphatic rings. The molecule has 108 valence electrons. The van der Waals surface area contributed by atoms with E-state index in [-0.39, 0.29) is 18.3 Å². The minimum atomic E-state index is -0.209. The van der Waals surface area contributed by atoms with Crippen LogP contribution in [0, 0.1) is 5.82 Å². The minimum absolute atomic E-state index is 0.0326. The molecular weight excluding hydrogens is 289 g/mol. The predicted molar refractivity (Wildman–Crippen MR) is 82.7 cm³/mol. The number of halogens is 2. The number of hydrogen-bond donors (Lipinski definition) is 1. The largest absolute Gasteiger partial charge is 0.396 e. The van der Waals surface area contributed by atoms with Gasteiger partial charge in [0.1, 0.15) is 11.0 Å². The van der Waals surface area contributed by atoms with E-state index < -0.39 is 0 Å². The molecule has 0 amide bonds. The van der Waals surface area contributed by atoms with Gasteiger partial charge in [0.05, 0.1) is 0 Å². The molecule has 1 aromatic heterocycles. The lowest BCUT2D eigenvalue weighted by Gasteiger charge is -2.15. The Hall–Kier alpha value is -1.71. The Morgan fingerprint density at radius 3 is 2.95 bits per heavy atom. The summed E-state index contributed by atoms with van der Waals surface area (Å²) < 4.78 is 13.9. The number of nitrogens with zero attached hydrogens (tertiary/aromatic N) is 1. The molecule has 1 aliphatic carbocycles. The number of aliphatic hydroxyl groups is 1. The molecule has 0 aliphatic heterocycles. The Morgan fingerprint density at radius 2 is 2.24 bits per heavy atom. The molecule has 1 atom stereocenters. The third kappa shape index (κ3) is 2.59. The molecule has 1 heterocycles. The molecule has 2 aromatic rings. The Kier molecular flexibility index (Phi) is 3.79. The van der Waals surface area contributed by atoms with Crippen LogP contribution in [0.3, 0.4) is 0 Å². The normalized spacial score (nSPS) is 14.8. The van der Waals surface area contributed by atoms with Crippen molar-refractivity contribution in [1.29, 1.82) is 0 Å². The Morgan fingerprint density at radius 1 is 1.43 bits per heavy atom. The van der Waals surface area contributed by atoms with Crippen LogP contribution in [0.5, 0.6) is 0 Å². The maximum Gasteiger partial charge on any atom is 0.130 e. The van der Waals surface area contributed by atoms with Gasteiger partial charge in [-0.15, -0.1) is 0 Å². The fourth-order valence-electron chi connectivity index (χ4n) is 2.71. The van der Waals surface area contributed by atoms with E-state index >= 15 is 0 Å². The van der Waals surface area contributed by atoms with Gasteiger partial charge in [0, 0.05) is 24.3 Å². The Bertz CT molecular complexity index is 727. The summed E-state index contributed by atoms with van der Waals surface area (Å²) in [4.78, 5) is 4.10. The van der Waals surface area contributed by atoms with Gasteiger partial charge in [-0.05, 0) is 46.9 Å². The van der Waals surface area contributed by atoms with Gasteiger partial charge in [-0.2, -0.15) is 0 Å². The zero-order valence-electron chi connectivity index (χ0n) is 11.6. The molecule has 1 N–H and O–H groups in total. The molecule has 21 heavy (non-hydrogen) atoms. The third-order valence-electron chi connectivity index (χ3n) is 3.89. The predicted octanol–water partition coefficient (Wildman–Crippen LogP) is 4.07. The Labute approximate surface area is 127 Å². The fourth-order valence-corrected chi connectivity index (χ4v) is 2.87. The van der Waals surface area contributed by atoms with Crippen molar-refractivity contribution in [3.05, 3.63) is 63.7 Å². The van der Waals surface area contributed by atoms with Crippen molar-refractivity contribution in [3.8, 4) is 0 Å². The van der Waals surface area contributed by atoms with E-state index in [4.69, 9.17) is 11.6 Å². The van der Waals surface area contributed by atoms with Crippen molar-refractivity contribution in [1.82, 2.24) is 4.98 Å². The van der Waals surface area contributed by atoms with E-state index in [0.717, 1.165) is 22.3 Å². The molecule has 4 heteroatoms. The first kappa shape index (κ1) is 14.2. The van der Waals surface area contributed by atoms with Crippen molar-refractivity contribution >= 4 is 23.3 Å². The first-order valence-corrected chi connectivity index (χ1v) is 7.22. The maximum atomic E-state index is 13.9. The van der Waals surface area contributed by atoms with Gasteiger partial charge < -0.3 is 5.11 Å². The lowest BCUT2D eigenvalue weighted by atomic mass is 9.93. The van der Waals surface area contributed by atoms with Crippen LogP contribution in [0.1, 0.15) is 35.1 Å². The highest BCUT2D eigenvalue weighted by Crippen LogP contribution is 2.36. The molecular formula is C17H15ClFNO. The number of fused-ring (bicyclic) bond motifs is 1. The van der Waals surface area contributed by atoms with E-state index in [2.05, 4.69) is 4.98 Å². The molecule has 3 rings (SSSR count). The molecule has 0 spiro atoms. The molecule has 0 bridgehead atoms. The minimum Gasteiger partial charge on any atom is -0.396 e. The molecule has 2 nitrogen and oxygen atoms in total. The van der Waals surface area contributed by atoms with Crippen molar-refractivity contribution in [2.75, 3.05) is 6.61 Å². The zero-order valence-corrected chi connectivity index (χ0v) is 12.4. The lowest BCUT2D eigenvalue weighted by Crippen LogP contribution is -2.04. The number of benzene rings is 1. The Balaban J connectivity index is 2.09. The number of allylic oxidation sites excluding steroid dienone is 1. The third-order valence-corrected chi connectivity index (χ3v) is 4.10. The monoisotopic (exact) mass is 303 g/mol. The number of hydrogen-bond acceptors (Lipinski definition) is 2. The SMILES string of the molecule is CC(CO)c1cnc(Cl)cc1C1=Cc2c(F)cccc2C1. The van der Waals surface area contributed by atoms with Gasteiger partial charge in [-0.25, -0.2) is 9.37 Å². The van der Waals surface area contributed by atoms with Crippen LogP contribution in [0.15, 0.2) is 30.5 Å². The van der Waals surface area contributed by atoms with E-state index in [0.29, 0.717) is 17.1 Å². The van der Waals surface area contributed by atoms with Gasteiger partial charge in [0.2, 0.25) is 0 Å². The van der Waals surface area contributed by atoms with Crippen molar-refractivity contribution < 1.29 is 9.50 Å². The fraction of sp³-hybridized carbons (Fsp3) is 0.235. The van der Waals surface area contributed by atoms with Crippen LogP contribution in [0.2, 0.25) is 5.15 Å². The summed E-state index contributed by atoms with van der Waals surface area (Å²) in [5.41, 5.74) is 4.49. The standard InChI is InChI=1S/C17H15ClFNO/c1-10(9-21)15-8-20-17(18)7-13(15)12-5-11-3-2-4-16(19)14(11)6-12/h2-4,6-8,10,21H,5,9H2,1H3. The van der Waals surface area contributed by atoms with Crippen LogP contribution in [0.25, 0.3) is 11.6 Å². The van der Waals surface area contributed by atoms with Crippen molar-refractivity contribution in [3.63, 3.8) is 0 Å². The second-order valence-corrected chi connectivity index (χ2v) is 5.72. The van der Waals surface area contributed by atoms with Gasteiger partial charge in [-0.3, -0.25) is 0 Å². The molecule has 0 saturated carbocycles. The molecule has 0 fully saturated rings. The quantitative estimate of drug-likeness (QED) is 0.867. The van der Waals surface area contributed by atoms with Crippen LogP contribution in [0.4, 0.5) is 4.39 Å². The molecule has 1 aromatic carbocycles. The van der Waals surface area contributed by atoms with Crippen LogP contribution < -0.4 is 0 Å². The summed E-state index contributed by atoms with van der Waals surface area (Å²) >= 11 is 6.01. The maximum absolute atomic E-state index is 13.9. The summed E-state index contributed by atoms with van der Waals surface area (Å²) in [7, 11) is 0. The summed E-state index contributed by atoms with van der Waals surface area (Å²) in [5.74, 6) is -0.251. The van der Waals surface area contributed by atoms with E-state index in [9.17, 15) is 9.50 Å². The second kappa shape index (κ2) is 5.58. The second-order valence-electron chi connectivity index (χ2n) is 5.34. The summed E-state index contributed by atoms with van der Waals surface area (Å²) in [6, 6.07) is 6.91. The number of aliphatic hydroxyl groups excluding tert-OH is 1. The summed E-state index contributed by atoms with van der Waals surface area (Å²) in [6.07, 6.45) is 4.22. The molecule has 1 unspecified atom stereocenters. The van der Waals surface area contributed by atoms with Gasteiger partial charge in [-0.1, -0.05) is 30.7 Å². The van der Waals surface area contributed by atoms with Crippen LogP contribution >= 0.6 is 11.6 Å². The zero-order chi connectivity index (χ0) is 15.0. The summed E-state index contributed by atoms with van der Waals surface area (Å²) in [6.45, 7) is 1.96. The van der Waals surface area contributed by atoms with Crippen LogP contribution in [-0.4, -0.2) is 16.7 Å².